The third-order valence-electron chi connectivity index (χ3n) is 1.93. The van der Waals surface area contributed by atoms with Crippen LogP contribution in [0.25, 0.3) is 0 Å². The molecule has 6 nitrogen and oxygen atoms in total. The maximum absolute atomic E-state index is 5.58. The Hall–Kier alpha value is -2.02. The van der Waals surface area contributed by atoms with Gasteiger partial charge in [0.25, 0.3) is 0 Å². The molecule has 3 N–H and O–H groups in total. The van der Waals surface area contributed by atoms with Crippen LogP contribution in [0.5, 0.6) is 0 Å². The van der Waals surface area contributed by atoms with Crippen LogP contribution in [0, 0.1) is 0 Å². The van der Waals surface area contributed by atoms with E-state index in [1.165, 1.54) is 6.39 Å². The van der Waals surface area contributed by atoms with Gasteiger partial charge in [-0.05, 0) is 6.07 Å². The van der Waals surface area contributed by atoms with Crippen molar-refractivity contribution in [1.29, 1.82) is 0 Å². The number of thiocarbonyl (C=S) groups is 1. The van der Waals surface area contributed by atoms with Crippen LogP contribution in [0.4, 0.5) is 5.69 Å². The van der Waals surface area contributed by atoms with E-state index in [2.05, 4.69) is 25.0 Å². The van der Waals surface area contributed by atoms with Gasteiger partial charge < -0.3 is 15.6 Å². The fourth-order valence-electron chi connectivity index (χ4n) is 1.19. The Morgan fingerprint density at radius 2 is 2.44 bits per heavy atom. The summed E-state index contributed by atoms with van der Waals surface area (Å²) in [6, 6.07) is 1.75. The van der Waals surface area contributed by atoms with Crippen molar-refractivity contribution in [1.82, 2.24) is 15.1 Å². The summed E-state index contributed by atoms with van der Waals surface area (Å²) < 4.78 is 4.61. The van der Waals surface area contributed by atoms with Crippen molar-refractivity contribution < 1.29 is 4.52 Å². The molecule has 0 radical (unpaired) electrons. The van der Waals surface area contributed by atoms with Crippen LogP contribution < -0.4 is 11.1 Å². The molecule has 0 spiro atoms. The van der Waals surface area contributed by atoms with Gasteiger partial charge >= 0.3 is 0 Å². The summed E-state index contributed by atoms with van der Waals surface area (Å²) in [5.74, 6) is 0.553. The molecule has 0 atom stereocenters. The summed E-state index contributed by atoms with van der Waals surface area (Å²) in [4.78, 5) is 8.18. The zero-order valence-corrected chi connectivity index (χ0v) is 9.07. The average molecular weight is 235 g/mol. The van der Waals surface area contributed by atoms with Crippen molar-refractivity contribution in [2.45, 2.75) is 6.54 Å². The van der Waals surface area contributed by atoms with Crippen LogP contribution in [0.15, 0.2) is 29.4 Å². The fourth-order valence-corrected chi connectivity index (χ4v) is 1.37. The minimum atomic E-state index is 0.318. The lowest BCUT2D eigenvalue weighted by atomic mass is 10.2. The standard InChI is InChI=1S/C9H9N5OS/c10-9(16)6-1-2-11-3-7(6)12-4-8-13-5-15-14-8/h1-3,5,12H,4H2,(H2,10,16). The minimum Gasteiger partial charge on any atom is -0.389 e. The monoisotopic (exact) mass is 235 g/mol. The first-order chi connectivity index (χ1) is 7.77. The molecule has 0 unspecified atom stereocenters. The summed E-state index contributed by atoms with van der Waals surface area (Å²) in [7, 11) is 0. The Morgan fingerprint density at radius 1 is 1.56 bits per heavy atom. The van der Waals surface area contributed by atoms with Crippen molar-refractivity contribution >= 4 is 22.9 Å². The van der Waals surface area contributed by atoms with Gasteiger partial charge in [-0.15, -0.1) is 0 Å². The van der Waals surface area contributed by atoms with Gasteiger partial charge in [-0.1, -0.05) is 17.4 Å². The Labute approximate surface area is 96.9 Å². The van der Waals surface area contributed by atoms with Crippen LogP contribution >= 0.6 is 12.2 Å². The molecule has 0 amide bonds. The number of rotatable bonds is 4. The maximum Gasteiger partial charge on any atom is 0.213 e. The molecular weight excluding hydrogens is 226 g/mol. The predicted molar refractivity (Wildman–Crippen MR) is 61.7 cm³/mol. The van der Waals surface area contributed by atoms with E-state index in [-0.39, 0.29) is 0 Å². The average Bonchev–Trinajstić information content (AvgIpc) is 2.79. The fraction of sp³-hybridized carbons (Fsp3) is 0.111. The Balaban J connectivity index is 2.12. The second kappa shape index (κ2) is 4.67. The van der Waals surface area contributed by atoms with Gasteiger partial charge in [-0.3, -0.25) is 4.98 Å². The first kappa shape index (κ1) is 10.5. The van der Waals surface area contributed by atoms with Crippen molar-refractivity contribution in [3.8, 4) is 0 Å². The van der Waals surface area contributed by atoms with Crippen molar-refractivity contribution in [3.63, 3.8) is 0 Å². The largest absolute Gasteiger partial charge is 0.389 e. The molecule has 2 rings (SSSR count). The molecule has 0 saturated carbocycles. The second-order valence-corrected chi connectivity index (χ2v) is 3.43. The quantitative estimate of drug-likeness (QED) is 0.754. The topological polar surface area (TPSA) is 89.9 Å². The van der Waals surface area contributed by atoms with Crippen molar-refractivity contribution in [2.75, 3.05) is 5.32 Å². The van der Waals surface area contributed by atoms with Gasteiger partial charge in [0, 0.05) is 11.8 Å². The summed E-state index contributed by atoms with van der Waals surface area (Å²) >= 11 is 4.92. The number of pyridine rings is 1. The van der Waals surface area contributed by atoms with Crippen LogP contribution in [0.1, 0.15) is 11.4 Å². The Morgan fingerprint density at radius 3 is 3.12 bits per heavy atom. The third kappa shape index (κ3) is 2.31. The molecule has 0 aromatic carbocycles. The van der Waals surface area contributed by atoms with Gasteiger partial charge in [-0.25, -0.2) is 0 Å². The van der Waals surface area contributed by atoms with Crippen molar-refractivity contribution in [2.24, 2.45) is 5.73 Å². The number of hydrogen-bond acceptors (Lipinski definition) is 6. The Bertz CT molecular complexity index is 484. The number of anilines is 1. The van der Waals surface area contributed by atoms with E-state index in [1.807, 2.05) is 0 Å². The number of hydrogen-bond donors (Lipinski definition) is 2. The number of nitrogens with one attached hydrogen (secondary N) is 1. The molecule has 16 heavy (non-hydrogen) atoms. The normalized spacial score (nSPS) is 10.0. The molecule has 0 aliphatic carbocycles. The lowest BCUT2D eigenvalue weighted by Crippen LogP contribution is -2.13. The first-order valence-electron chi connectivity index (χ1n) is 4.50. The van der Waals surface area contributed by atoms with E-state index < -0.39 is 0 Å². The van der Waals surface area contributed by atoms with Crippen LogP contribution in [-0.2, 0) is 6.54 Å². The predicted octanol–water partition coefficient (Wildman–Crippen LogP) is 0.711. The van der Waals surface area contributed by atoms with Crippen LogP contribution in [-0.4, -0.2) is 20.1 Å². The number of nitrogens with two attached hydrogens (primary N) is 1. The lowest BCUT2D eigenvalue weighted by molar-refractivity contribution is 0.411. The molecule has 0 aliphatic rings. The summed E-state index contributed by atoms with van der Waals surface area (Å²) in [5, 5.41) is 6.75. The summed E-state index contributed by atoms with van der Waals surface area (Å²) in [5.41, 5.74) is 7.07. The smallest absolute Gasteiger partial charge is 0.213 e. The van der Waals surface area contributed by atoms with Crippen LogP contribution in [0.3, 0.4) is 0 Å². The lowest BCUT2D eigenvalue weighted by Gasteiger charge is -2.08. The van der Waals surface area contributed by atoms with Crippen LogP contribution in [0.2, 0.25) is 0 Å². The van der Waals surface area contributed by atoms with E-state index in [4.69, 9.17) is 18.0 Å². The van der Waals surface area contributed by atoms with E-state index in [0.29, 0.717) is 17.4 Å². The highest BCUT2D eigenvalue weighted by molar-refractivity contribution is 7.80. The third-order valence-corrected chi connectivity index (χ3v) is 2.15. The van der Waals surface area contributed by atoms with E-state index in [1.54, 1.807) is 18.5 Å². The molecule has 0 bridgehead atoms. The summed E-state index contributed by atoms with van der Waals surface area (Å²) in [6.45, 7) is 0.428. The zero-order chi connectivity index (χ0) is 11.4. The molecule has 82 valence electrons. The molecule has 0 saturated heterocycles. The van der Waals surface area contributed by atoms with Crippen molar-refractivity contribution in [3.05, 3.63) is 36.2 Å². The highest BCUT2D eigenvalue weighted by Gasteiger charge is 2.05. The molecule has 2 heterocycles. The highest BCUT2D eigenvalue weighted by atomic mass is 32.1. The molecule has 0 fully saturated rings. The van der Waals surface area contributed by atoms with E-state index >= 15 is 0 Å². The van der Waals surface area contributed by atoms with Gasteiger partial charge in [0.2, 0.25) is 6.39 Å². The number of nitrogens with zero attached hydrogens (tertiary/aromatic N) is 3. The number of aromatic nitrogens is 3. The maximum atomic E-state index is 5.58. The zero-order valence-electron chi connectivity index (χ0n) is 8.25. The molecule has 2 aromatic heterocycles. The molecular formula is C9H9N5OS. The van der Waals surface area contributed by atoms with E-state index in [0.717, 1.165) is 11.3 Å². The molecule has 0 aliphatic heterocycles. The molecule has 2 aromatic rings. The van der Waals surface area contributed by atoms with Gasteiger partial charge in [-0.2, -0.15) is 4.98 Å². The van der Waals surface area contributed by atoms with Gasteiger partial charge in [0.05, 0.1) is 18.4 Å². The Kier molecular flexibility index (Phi) is 3.06. The van der Waals surface area contributed by atoms with Gasteiger partial charge in [0.1, 0.15) is 4.99 Å². The van der Waals surface area contributed by atoms with Gasteiger partial charge in [0.15, 0.2) is 5.82 Å². The second-order valence-electron chi connectivity index (χ2n) is 2.99. The highest BCUT2D eigenvalue weighted by Crippen LogP contribution is 2.13. The van der Waals surface area contributed by atoms with E-state index in [9.17, 15) is 0 Å². The summed E-state index contributed by atoms with van der Waals surface area (Å²) in [6.07, 6.45) is 4.55. The molecule has 7 heteroatoms. The first-order valence-corrected chi connectivity index (χ1v) is 4.91. The SMILES string of the molecule is NC(=S)c1ccncc1NCc1ncon1. The minimum absolute atomic E-state index is 0.318.